The first-order valence-corrected chi connectivity index (χ1v) is 5.59. The van der Waals surface area contributed by atoms with E-state index >= 15 is 0 Å². The average molecular weight is 257 g/mol. The van der Waals surface area contributed by atoms with Crippen molar-refractivity contribution in [2.24, 2.45) is 5.73 Å². The molecule has 7 nitrogen and oxygen atoms in total. The first-order chi connectivity index (χ1) is 8.65. The summed E-state index contributed by atoms with van der Waals surface area (Å²) >= 11 is 0. The Balaban J connectivity index is 4.03. The number of hydrogen-bond acceptors (Lipinski definition) is 5. The summed E-state index contributed by atoms with van der Waals surface area (Å²) in [6, 6.07) is 0. The molecule has 0 aliphatic heterocycles. The van der Waals surface area contributed by atoms with Gasteiger partial charge in [-0.3, -0.25) is 14.4 Å². The van der Waals surface area contributed by atoms with Crippen LogP contribution >= 0.6 is 0 Å². The lowest BCUT2D eigenvalue weighted by atomic mass is 10.3. The lowest BCUT2D eigenvalue weighted by molar-refractivity contribution is -0.135. The average Bonchev–Trinajstić information content (AvgIpc) is 2.37. The van der Waals surface area contributed by atoms with Gasteiger partial charge in [0, 0.05) is 26.2 Å². The highest BCUT2D eigenvalue weighted by molar-refractivity contribution is 5.86. The second-order valence-electron chi connectivity index (χ2n) is 3.38. The van der Waals surface area contributed by atoms with Crippen LogP contribution in [0.4, 0.5) is 0 Å². The number of ether oxygens (including phenoxy) is 1. The normalized spacial score (nSPS) is 9.39. The van der Waals surface area contributed by atoms with Crippen LogP contribution in [0.1, 0.15) is 6.42 Å². The highest BCUT2D eigenvalue weighted by Gasteiger charge is 2.12. The van der Waals surface area contributed by atoms with E-state index in [1.807, 2.05) is 0 Å². The zero-order chi connectivity index (χ0) is 13.8. The van der Waals surface area contributed by atoms with Crippen molar-refractivity contribution in [3.8, 4) is 0 Å². The van der Waals surface area contributed by atoms with Crippen LogP contribution in [0, 0.1) is 0 Å². The fourth-order valence-corrected chi connectivity index (χ4v) is 1.26. The quantitative estimate of drug-likeness (QED) is 0.286. The monoisotopic (exact) mass is 257 g/mol. The minimum Gasteiger partial charge on any atom is -0.467 e. The maximum atomic E-state index is 11.7. The van der Waals surface area contributed by atoms with E-state index in [9.17, 15) is 14.4 Å². The molecular weight excluding hydrogens is 238 g/mol. The molecule has 0 aromatic heterocycles. The van der Waals surface area contributed by atoms with Gasteiger partial charge in [0.15, 0.2) is 0 Å². The maximum absolute atomic E-state index is 11.7. The third-order valence-electron chi connectivity index (χ3n) is 2.12. The van der Waals surface area contributed by atoms with E-state index in [-0.39, 0.29) is 24.8 Å². The summed E-state index contributed by atoms with van der Waals surface area (Å²) in [5, 5.41) is 2.56. The Kier molecular flexibility index (Phi) is 9.20. The number of amides is 2. The van der Waals surface area contributed by atoms with Gasteiger partial charge in [0.05, 0.1) is 13.0 Å². The van der Waals surface area contributed by atoms with Crippen molar-refractivity contribution in [2.45, 2.75) is 6.42 Å². The number of rotatable bonds is 10. The Bertz CT molecular complexity index is 294. The fourth-order valence-electron chi connectivity index (χ4n) is 1.26. The maximum Gasteiger partial charge on any atom is 0.293 e. The molecule has 0 aliphatic rings. The first-order valence-electron chi connectivity index (χ1n) is 5.59. The van der Waals surface area contributed by atoms with Crippen molar-refractivity contribution in [3.05, 3.63) is 12.7 Å². The number of carbonyl (C=O) groups is 3. The van der Waals surface area contributed by atoms with Gasteiger partial charge < -0.3 is 20.7 Å². The Labute approximate surface area is 106 Å². The van der Waals surface area contributed by atoms with E-state index in [1.165, 1.54) is 4.90 Å². The summed E-state index contributed by atoms with van der Waals surface area (Å²) < 4.78 is 4.45. The molecule has 0 rings (SSSR count). The number of carbonyl (C=O) groups excluding carboxylic acids is 3. The van der Waals surface area contributed by atoms with Gasteiger partial charge in [-0.2, -0.15) is 0 Å². The Hall–Kier alpha value is -1.89. The van der Waals surface area contributed by atoms with Crippen molar-refractivity contribution in [1.82, 2.24) is 10.2 Å². The molecule has 0 atom stereocenters. The molecule has 0 aliphatic carbocycles. The van der Waals surface area contributed by atoms with Gasteiger partial charge in [-0.1, -0.05) is 6.58 Å². The van der Waals surface area contributed by atoms with Gasteiger partial charge in [-0.05, 0) is 6.08 Å². The number of hydrogen-bond donors (Lipinski definition) is 2. The molecule has 0 aromatic carbocycles. The minimum absolute atomic E-state index is 0.0441. The molecule has 2 amide bonds. The van der Waals surface area contributed by atoms with E-state index in [2.05, 4.69) is 16.6 Å². The first kappa shape index (κ1) is 16.1. The highest BCUT2D eigenvalue weighted by atomic mass is 16.5. The molecule has 7 heteroatoms. The molecule has 0 fully saturated rings. The SMILES string of the molecule is C=CC(=O)NCCN(CCN)C(=O)CCOC=O. The third kappa shape index (κ3) is 7.39. The van der Waals surface area contributed by atoms with E-state index in [0.717, 1.165) is 6.08 Å². The second-order valence-corrected chi connectivity index (χ2v) is 3.38. The molecule has 0 aromatic rings. The van der Waals surface area contributed by atoms with E-state index < -0.39 is 0 Å². The molecule has 3 N–H and O–H groups in total. The molecule has 0 spiro atoms. The minimum atomic E-state index is -0.292. The van der Waals surface area contributed by atoms with Crippen LogP contribution in [0.5, 0.6) is 0 Å². The van der Waals surface area contributed by atoms with Crippen molar-refractivity contribution < 1.29 is 19.1 Å². The van der Waals surface area contributed by atoms with Crippen molar-refractivity contribution in [1.29, 1.82) is 0 Å². The van der Waals surface area contributed by atoms with Gasteiger partial charge in [0.25, 0.3) is 6.47 Å². The predicted octanol–water partition coefficient (Wildman–Crippen LogP) is -1.36. The summed E-state index contributed by atoms with van der Waals surface area (Å²) in [7, 11) is 0. The molecule has 0 saturated carbocycles. The van der Waals surface area contributed by atoms with Gasteiger partial charge >= 0.3 is 0 Å². The van der Waals surface area contributed by atoms with Gasteiger partial charge in [0.1, 0.15) is 0 Å². The topological polar surface area (TPSA) is 102 Å². The Morgan fingerprint density at radius 1 is 1.39 bits per heavy atom. The molecular formula is C11H19N3O4. The molecule has 0 unspecified atom stereocenters. The van der Waals surface area contributed by atoms with Gasteiger partial charge in [-0.15, -0.1) is 0 Å². The molecule has 0 heterocycles. The Morgan fingerprint density at radius 2 is 2.11 bits per heavy atom. The number of nitrogens with two attached hydrogens (primary N) is 1. The van der Waals surface area contributed by atoms with Gasteiger partial charge in [0.2, 0.25) is 11.8 Å². The van der Waals surface area contributed by atoms with Crippen LogP contribution in [0.25, 0.3) is 0 Å². The zero-order valence-corrected chi connectivity index (χ0v) is 10.3. The van der Waals surface area contributed by atoms with Gasteiger partial charge in [-0.25, -0.2) is 0 Å². The van der Waals surface area contributed by atoms with Crippen LogP contribution in [-0.4, -0.2) is 56.0 Å². The van der Waals surface area contributed by atoms with Crippen LogP contribution in [0.2, 0.25) is 0 Å². The van der Waals surface area contributed by atoms with E-state index in [0.29, 0.717) is 32.7 Å². The largest absolute Gasteiger partial charge is 0.467 e. The predicted molar refractivity (Wildman–Crippen MR) is 65.5 cm³/mol. The van der Waals surface area contributed by atoms with Crippen LogP contribution in [0.15, 0.2) is 12.7 Å². The highest BCUT2D eigenvalue weighted by Crippen LogP contribution is 1.94. The van der Waals surface area contributed by atoms with Crippen molar-refractivity contribution in [2.75, 3.05) is 32.8 Å². The van der Waals surface area contributed by atoms with E-state index in [4.69, 9.17) is 5.73 Å². The molecule has 0 bridgehead atoms. The lowest BCUT2D eigenvalue weighted by Crippen LogP contribution is -2.41. The van der Waals surface area contributed by atoms with Crippen LogP contribution < -0.4 is 11.1 Å². The molecule has 18 heavy (non-hydrogen) atoms. The summed E-state index contributed by atoms with van der Waals surface area (Å²) in [5.74, 6) is -0.463. The number of nitrogens with one attached hydrogen (secondary N) is 1. The molecule has 0 radical (unpaired) electrons. The van der Waals surface area contributed by atoms with Crippen LogP contribution in [0.3, 0.4) is 0 Å². The summed E-state index contributed by atoms with van der Waals surface area (Å²) in [4.78, 5) is 34.1. The second kappa shape index (κ2) is 10.3. The number of nitrogens with zero attached hydrogens (tertiary/aromatic N) is 1. The standard InChI is InChI=1S/C11H19N3O4/c1-2-10(16)13-5-7-14(6-4-12)11(17)3-8-18-9-15/h2,9H,1,3-8,12H2,(H,13,16). The summed E-state index contributed by atoms with van der Waals surface area (Å²) in [5.41, 5.74) is 5.39. The molecule has 102 valence electrons. The lowest BCUT2D eigenvalue weighted by Gasteiger charge is -2.21. The van der Waals surface area contributed by atoms with Crippen LogP contribution in [-0.2, 0) is 19.1 Å². The Morgan fingerprint density at radius 3 is 2.67 bits per heavy atom. The summed E-state index contributed by atoms with van der Waals surface area (Å²) in [6.45, 7) is 5.06. The zero-order valence-electron chi connectivity index (χ0n) is 10.3. The fraction of sp³-hybridized carbons (Fsp3) is 0.545. The van der Waals surface area contributed by atoms with Crippen molar-refractivity contribution >= 4 is 18.3 Å². The third-order valence-corrected chi connectivity index (χ3v) is 2.12. The summed E-state index contributed by atoms with van der Waals surface area (Å²) in [6.07, 6.45) is 1.27. The van der Waals surface area contributed by atoms with Crippen molar-refractivity contribution in [3.63, 3.8) is 0 Å². The van der Waals surface area contributed by atoms with E-state index in [1.54, 1.807) is 0 Å². The molecule has 0 saturated heterocycles. The smallest absolute Gasteiger partial charge is 0.293 e.